The third kappa shape index (κ3) is 3.66. The average molecular weight is 420 g/mol. The van der Waals surface area contributed by atoms with E-state index >= 15 is 0 Å². The van der Waals surface area contributed by atoms with E-state index in [0.717, 1.165) is 16.2 Å². The van der Waals surface area contributed by atoms with E-state index in [-0.39, 0.29) is 5.56 Å². The van der Waals surface area contributed by atoms with Crippen LogP contribution in [-0.4, -0.2) is 11.7 Å². The van der Waals surface area contributed by atoms with Gasteiger partial charge in [-0.1, -0.05) is 54.2 Å². The smallest absolute Gasteiger partial charge is 0.350 e. The average Bonchev–Trinajstić information content (AvgIpc) is 2.74. The first-order valence-corrected chi connectivity index (χ1v) is 10.3. The summed E-state index contributed by atoms with van der Waals surface area (Å²) >= 11 is 1.25. The summed E-state index contributed by atoms with van der Waals surface area (Å²) in [5, 5.41) is 0.425. The molecular weight excluding hydrogens is 398 g/mol. The van der Waals surface area contributed by atoms with E-state index < -0.39 is 5.63 Å². The van der Waals surface area contributed by atoms with Crippen molar-refractivity contribution in [2.24, 2.45) is 0 Å². The minimum atomic E-state index is -0.462. The van der Waals surface area contributed by atoms with Crippen LogP contribution >= 0.6 is 11.8 Å². The van der Waals surface area contributed by atoms with Crippen LogP contribution < -0.4 is 15.9 Å². The van der Waals surface area contributed by atoms with Crippen LogP contribution in [0.5, 0.6) is 5.75 Å². The lowest BCUT2D eigenvalue weighted by Gasteiger charge is -2.14. The molecule has 0 saturated carbocycles. The van der Waals surface area contributed by atoms with Crippen molar-refractivity contribution in [3.63, 3.8) is 0 Å². The third-order valence-electron chi connectivity index (χ3n) is 5.04. The van der Waals surface area contributed by atoms with Crippen LogP contribution in [0.1, 0.15) is 16.8 Å². The Labute approximate surface area is 177 Å². The molecule has 4 aromatic rings. The van der Waals surface area contributed by atoms with Gasteiger partial charge in [-0.25, -0.2) is 4.79 Å². The standard InChI is InChI=1S/C24H21NO4S/c1-15-13-19-21(23(26)25(15)14-17-9-5-4-6-10-17)16(2)22(24(27)29-19)30-20-12-8-7-11-18(20)28-3/h4-13H,14H2,1-3H3. The largest absolute Gasteiger partial charge is 0.496 e. The van der Waals surface area contributed by atoms with Gasteiger partial charge in [-0.05, 0) is 37.1 Å². The minimum Gasteiger partial charge on any atom is -0.496 e. The van der Waals surface area contributed by atoms with Gasteiger partial charge < -0.3 is 13.7 Å². The van der Waals surface area contributed by atoms with Gasteiger partial charge in [0.15, 0.2) is 0 Å². The van der Waals surface area contributed by atoms with E-state index in [1.807, 2.05) is 61.5 Å². The Morgan fingerprint density at radius 1 is 1.00 bits per heavy atom. The van der Waals surface area contributed by atoms with Crippen LogP contribution in [-0.2, 0) is 6.54 Å². The van der Waals surface area contributed by atoms with Crippen molar-refractivity contribution in [1.29, 1.82) is 0 Å². The predicted octanol–water partition coefficient (Wildman–Crippen LogP) is 4.78. The van der Waals surface area contributed by atoms with Crippen LogP contribution in [0.25, 0.3) is 11.0 Å². The Hall–Kier alpha value is -3.25. The van der Waals surface area contributed by atoms with Crippen molar-refractivity contribution in [2.75, 3.05) is 7.11 Å². The fraction of sp³-hybridized carbons (Fsp3) is 0.167. The molecule has 6 heteroatoms. The van der Waals surface area contributed by atoms with E-state index in [4.69, 9.17) is 9.15 Å². The zero-order valence-corrected chi connectivity index (χ0v) is 17.8. The molecule has 5 nitrogen and oxygen atoms in total. The maximum atomic E-state index is 13.4. The van der Waals surface area contributed by atoms with Crippen molar-refractivity contribution >= 4 is 22.7 Å². The summed E-state index contributed by atoms with van der Waals surface area (Å²) in [7, 11) is 1.58. The van der Waals surface area contributed by atoms with Crippen molar-refractivity contribution in [3.05, 3.63) is 98.3 Å². The molecular formula is C24H21NO4S. The minimum absolute atomic E-state index is 0.169. The topological polar surface area (TPSA) is 61.4 Å². The van der Waals surface area contributed by atoms with Crippen molar-refractivity contribution < 1.29 is 9.15 Å². The van der Waals surface area contributed by atoms with Gasteiger partial charge in [0.25, 0.3) is 5.56 Å². The lowest BCUT2D eigenvalue weighted by atomic mass is 10.1. The second-order valence-electron chi connectivity index (χ2n) is 7.00. The molecule has 0 N–H and O–H groups in total. The van der Waals surface area contributed by atoms with Gasteiger partial charge in [0.05, 0.1) is 23.9 Å². The van der Waals surface area contributed by atoms with E-state index in [2.05, 4.69) is 0 Å². The quantitative estimate of drug-likeness (QED) is 0.466. The summed E-state index contributed by atoms with van der Waals surface area (Å²) in [5.74, 6) is 0.659. The summed E-state index contributed by atoms with van der Waals surface area (Å²) in [6.45, 7) is 4.09. The Morgan fingerprint density at radius 2 is 1.70 bits per heavy atom. The maximum Gasteiger partial charge on any atom is 0.350 e. The number of hydrogen-bond donors (Lipinski definition) is 0. The molecule has 4 rings (SSSR count). The monoisotopic (exact) mass is 419 g/mol. The highest BCUT2D eigenvalue weighted by Gasteiger charge is 2.19. The summed E-state index contributed by atoms with van der Waals surface area (Å²) in [4.78, 5) is 27.3. The van der Waals surface area contributed by atoms with Gasteiger partial charge >= 0.3 is 5.63 Å². The van der Waals surface area contributed by atoms with Gasteiger partial charge in [-0.3, -0.25) is 4.79 Å². The van der Waals surface area contributed by atoms with Gasteiger partial charge in [-0.2, -0.15) is 0 Å². The summed E-state index contributed by atoms with van der Waals surface area (Å²) in [5.41, 5.74) is 2.06. The van der Waals surface area contributed by atoms with Crippen LogP contribution in [0.4, 0.5) is 0 Å². The van der Waals surface area contributed by atoms with E-state index in [9.17, 15) is 9.59 Å². The molecule has 0 bridgehead atoms. The van der Waals surface area contributed by atoms with Gasteiger partial charge in [0.2, 0.25) is 0 Å². The molecule has 2 aromatic heterocycles. The van der Waals surface area contributed by atoms with E-state index in [0.29, 0.717) is 33.7 Å². The first kappa shape index (κ1) is 20.0. The highest BCUT2D eigenvalue weighted by atomic mass is 32.2. The summed E-state index contributed by atoms with van der Waals surface area (Å²) in [6, 6.07) is 19.0. The molecule has 0 spiro atoms. The highest BCUT2D eigenvalue weighted by Crippen LogP contribution is 2.36. The third-order valence-corrected chi connectivity index (χ3v) is 6.27. The molecule has 0 radical (unpaired) electrons. The number of aryl methyl sites for hydroxylation is 2. The summed E-state index contributed by atoms with van der Waals surface area (Å²) < 4.78 is 12.7. The SMILES string of the molecule is COc1ccccc1Sc1c(C)c2c(=O)n(Cc3ccccc3)c(C)cc2oc1=O. The molecule has 0 aliphatic heterocycles. The number of fused-ring (bicyclic) bond motifs is 1. The van der Waals surface area contributed by atoms with Gasteiger partial charge in [0.1, 0.15) is 16.2 Å². The Morgan fingerprint density at radius 3 is 2.43 bits per heavy atom. The second kappa shape index (κ2) is 8.24. The first-order chi connectivity index (χ1) is 14.5. The van der Waals surface area contributed by atoms with Crippen LogP contribution in [0, 0.1) is 13.8 Å². The number of ether oxygens (including phenoxy) is 1. The number of hydrogen-bond acceptors (Lipinski definition) is 5. The molecule has 0 fully saturated rings. The zero-order chi connectivity index (χ0) is 21.3. The molecule has 0 saturated heterocycles. The molecule has 0 unspecified atom stereocenters. The molecule has 0 aliphatic rings. The lowest BCUT2D eigenvalue weighted by Crippen LogP contribution is -2.24. The first-order valence-electron chi connectivity index (χ1n) is 9.52. The van der Waals surface area contributed by atoms with Crippen molar-refractivity contribution in [3.8, 4) is 5.75 Å². The van der Waals surface area contributed by atoms with Gasteiger partial charge in [-0.15, -0.1) is 0 Å². The lowest BCUT2D eigenvalue weighted by molar-refractivity contribution is 0.405. The number of rotatable bonds is 5. The molecule has 152 valence electrons. The van der Waals surface area contributed by atoms with Gasteiger partial charge in [0, 0.05) is 11.8 Å². The second-order valence-corrected chi connectivity index (χ2v) is 8.05. The highest BCUT2D eigenvalue weighted by molar-refractivity contribution is 7.99. The number of benzene rings is 2. The number of aromatic nitrogens is 1. The number of para-hydroxylation sites is 1. The Bertz CT molecular complexity index is 1340. The maximum absolute atomic E-state index is 13.4. The fourth-order valence-corrected chi connectivity index (χ4v) is 4.47. The van der Waals surface area contributed by atoms with Crippen molar-refractivity contribution in [2.45, 2.75) is 30.2 Å². The van der Waals surface area contributed by atoms with Crippen LogP contribution in [0.15, 0.2) is 84.5 Å². The van der Waals surface area contributed by atoms with Crippen LogP contribution in [0.3, 0.4) is 0 Å². The molecule has 0 atom stereocenters. The summed E-state index contributed by atoms with van der Waals surface area (Å²) in [6.07, 6.45) is 0. The Balaban J connectivity index is 1.88. The molecule has 2 aromatic carbocycles. The number of nitrogens with zero attached hydrogens (tertiary/aromatic N) is 1. The predicted molar refractivity (Wildman–Crippen MR) is 119 cm³/mol. The van der Waals surface area contributed by atoms with E-state index in [1.165, 1.54) is 11.8 Å². The zero-order valence-electron chi connectivity index (χ0n) is 17.0. The normalized spacial score (nSPS) is 11.0. The molecule has 30 heavy (non-hydrogen) atoms. The molecule has 0 amide bonds. The van der Waals surface area contributed by atoms with E-state index in [1.54, 1.807) is 24.7 Å². The fourth-order valence-electron chi connectivity index (χ4n) is 3.47. The molecule has 0 aliphatic carbocycles. The van der Waals surface area contributed by atoms with Crippen molar-refractivity contribution in [1.82, 2.24) is 4.57 Å². The van der Waals surface area contributed by atoms with Crippen LogP contribution in [0.2, 0.25) is 0 Å². The number of pyridine rings is 1. The number of methoxy groups -OCH3 is 1. The Kier molecular flexibility index (Phi) is 5.50. The molecule has 2 heterocycles.